The minimum Gasteiger partial charge on any atom is -0.355 e. The molecule has 0 aliphatic heterocycles. The second-order valence-corrected chi connectivity index (χ2v) is 5.50. The highest BCUT2D eigenvalue weighted by Crippen LogP contribution is 2.22. The van der Waals surface area contributed by atoms with E-state index in [4.69, 9.17) is 23.2 Å². The third-order valence-electron chi connectivity index (χ3n) is 2.53. The van der Waals surface area contributed by atoms with Gasteiger partial charge in [0.2, 0.25) is 0 Å². The summed E-state index contributed by atoms with van der Waals surface area (Å²) in [5.41, 5.74) is 0.481. The molecule has 3 N–H and O–H groups in total. The van der Waals surface area contributed by atoms with Gasteiger partial charge >= 0.3 is 0 Å². The summed E-state index contributed by atoms with van der Waals surface area (Å²) in [6, 6.07) is 5.08. The number of guanidine groups is 1. The number of rotatable bonds is 5. The van der Waals surface area contributed by atoms with Crippen molar-refractivity contribution < 1.29 is 4.79 Å². The van der Waals surface area contributed by atoms with Crippen molar-refractivity contribution in [2.75, 3.05) is 20.1 Å². The number of aliphatic imine (C=N–C) groups is 1. The molecule has 22 heavy (non-hydrogen) atoms. The van der Waals surface area contributed by atoms with Crippen LogP contribution in [-0.4, -0.2) is 38.0 Å². The van der Waals surface area contributed by atoms with Crippen molar-refractivity contribution in [2.24, 2.45) is 4.99 Å². The van der Waals surface area contributed by atoms with Crippen LogP contribution in [0.1, 0.15) is 24.2 Å². The topological polar surface area (TPSA) is 65.5 Å². The van der Waals surface area contributed by atoms with Crippen molar-refractivity contribution >= 4 is 59.0 Å². The SMILES string of the molecule is CN=C(NCCNC(=O)c1ccc(Cl)c(Cl)c1)NC(C)C.I. The summed E-state index contributed by atoms with van der Waals surface area (Å²) in [5.74, 6) is 0.510. The highest BCUT2D eigenvalue weighted by molar-refractivity contribution is 14.0. The van der Waals surface area contributed by atoms with Crippen LogP contribution in [0.5, 0.6) is 0 Å². The van der Waals surface area contributed by atoms with Gasteiger partial charge in [-0.3, -0.25) is 9.79 Å². The van der Waals surface area contributed by atoms with Gasteiger partial charge < -0.3 is 16.0 Å². The van der Waals surface area contributed by atoms with Crippen LogP contribution in [0, 0.1) is 0 Å². The van der Waals surface area contributed by atoms with E-state index in [-0.39, 0.29) is 29.9 Å². The lowest BCUT2D eigenvalue weighted by atomic mass is 10.2. The molecule has 0 saturated carbocycles. The van der Waals surface area contributed by atoms with Gasteiger partial charge in [-0.05, 0) is 32.0 Å². The molecule has 1 rings (SSSR count). The van der Waals surface area contributed by atoms with Crippen LogP contribution in [0.4, 0.5) is 0 Å². The Labute approximate surface area is 158 Å². The molecule has 0 radical (unpaired) electrons. The lowest BCUT2D eigenvalue weighted by molar-refractivity contribution is 0.0954. The Hall–Kier alpha value is -0.730. The number of halogens is 3. The first-order valence-electron chi connectivity index (χ1n) is 6.64. The third kappa shape index (κ3) is 7.51. The van der Waals surface area contributed by atoms with Crippen LogP contribution in [-0.2, 0) is 0 Å². The van der Waals surface area contributed by atoms with Gasteiger partial charge in [-0.25, -0.2) is 0 Å². The first kappa shape index (κ1) is 21.3. The van der Waals surface area contributed by atoms with Gasteiger partial charge in [0.05, 0.1) is 10.0 Å². The Bertz CT molecular complexity index is 524. The van der Waals surface area contributed by atoms with E-state index in [2.05, 4.69) is 20.9 Å². The summed E-state index contributed by atoms with van der Waals surface area (Å²) in [6.07, 6.45) is 0. The van der Waals surface area contributed by atoms with Gasteiger partial charge in [-0.1, -0.05) is 23.2 Å². The number of nitrogens with zero attached hydrogens (tertiary/aromatic N) is 1. The second kappa shape index (κ2) is 10.9. The van der Waals surface area contributed by atoms with Gasteiger partial charge in [-0.2, -0.15) is 0 Å². The first-order valence-corrected chi connectivity index (χ1v) is 7.40. The van der Waals surface area contributed by atoms with Gasteiger partial charge in [0.15, 0.2) is 5.96 Å². The predicted octanol–water partition coefficient (Wildman–Crippen LogP) is 2.91. The molecule has 1 amide bonds. The van der Waals surface area contributed by atoms with E-state index >= 15 is 0 Å². The highest BCUT2D eigenvalue weighted by Gasteiger charge is 2.07. The van der Waals surface area contributed by atoms with Gasteiger partial charge in [0.25, 0.3) is 5.91 Å². The molecule has 8 heteroatoms. The molecule has 124 valence electrons. The average molecular weight is 459 g/mol. The standard InChI is InChI=1S/C14H20Cl2N4O.HI/c1-9(2)20-14(17-3)19-7-6-18-13(21)10-4-5-11(15)12(16)8-10;/h4-5,8-9H,6-7H2,1-3H3,(H,18,21)(H2,17,19,20);1H. The molecule has 0 saturated heterocycles. The summed E-state index contributed by atoms with van der Waals surface area (Å²) < 4.78 is 0. The number of carbonyl (C=O) groups is 1. The minimum absolute atomic E-state index is 0. The molecule has 0 bridgehead atoms. The molecule has 0 spiro atoms. The summed E-state index contributed by atoms with van der Waals surface area (Å²) >= 11 is 11.7. The number of hydrogen-bond acceptors (Lipinski definition) is 2. The molecule has 0 unspecified atom stereocenters. The number of hydrogen-bond donors (Lipinski definition) is 3. The maximum atomic E-state index is 11.9. The Morgan fingerprint density at radius 2 is 1.82 bits per heavy atom. The summed E-state index contributed by atoms with van der Waals surface area (Å²) in [5, 5.41) is 9.85. The van der Waals surface area contributed by atoms with Crippen molar-refractivity contribution in [1.82, 2.24) is 16.0 Å². The van der Waals surface area contributed by atoms with E-state index in [1.54, 1.807) is 25.2 Å². The predicted molar refractivity (Wildman–Crippen MR) is 104 cm³/mol. The summed E-state index contributed by atoms with van der Waals surface area (Å²) in [6.45, 7) is 5.09. The van der Waals surface area contributed by atoms with Crippen molar-refractivity contribution in [3.05, 3.63) is 33.8 Å². The fraction of sp³-hybridized carbons (Fsp3) is 0.429. The fourth-order valence-corrected chi connectivity index (χ4v) is 1.86. The minimum atomic E-state index is -0.192. The van der Waals surface area contributed by atoms with Crippen LogP contribution in [0.15, 0.2) is 23.2 Å². The number of carbonyl (C=O) groups excluding carboxylic acids is 1. The Morgan fingerprint density at radius 1 is 1.18 bits per heavy atom. The van der Waals surface area contributed by atoms with Gasteiger partial charge in [0.1, 0.15) is 0 Å². The molecule has 5 nitrogen and oxygen atoms in total. The van der Waals surface area contributed by atoms with Gasteiger partial charge in [0, 0.05) is 31.7 Å². The monoisotopic (exact) mass is 458 g/mol. The molecule has 0 aromatic heterocycles. The quantitative estimate of drug-likeness (QED) is 0.275. The van der Waals surface area contributed by atoms with Crippen molar-refractivity contribution in [3.63, 3.8) is 0 Å². The molecule has 1 aromatic carbocycles. The molecule has 0 atom stereocenters. The van der Waals surface area contributed by atoms with Crippen LogP contribution in [0.2, 0.25) is 10.0 Å². The fourth-order valence-electron chi connectivity index (χ4n) is 1.56. The molecular formula is C14H21Cl2IN4O. The molecule has 0 aliphatic rings. The van der Waals surface area contributed by atoms with Crippen molar-refractivity contribution in [2.45, 2.75) is 19.9 Å². The maximum absolute atomic E-state index is 11.9. The van der Waals surface area contributed by atoms with E-state index in [0.717, 1.165) is 0 Å². The Kier molecular flexibility index (Phi) is 10.5. The Morgan fingerprint density at radius 3 is 2.36 bits per heavy atom. The lowest BCUT2D eigenvalue weighted by Gasteiger charge is -2.14. The number of amides is 1. The van der Waals surface area contributed by atoms with Crippen LogP contribution in [0.3, 0.4) is 0 Å². The Balaban J connectivity index is 0.00000441. The number of benzene rings is 1. The summed E-state index contributed by atoms with van der Waals surface area (Å²) in [4.78, 5) is 16.0. The molecule has 0 heterocycles. The van der Waals surface area contributed by atoms with E-state index in [1.165, 1.54) is 0 Å². The van der Waals surface area contributed by atoms with E-state index in [0.29, 0.717) is 40.7 Å². The lowest BCUT2D eigenvalue weighted by Crippen LogP contribution is -2.44. The molecule has 0 aliphatic carbocycles. The average Bonchev–Trinajstić information content (AvgIpc) is 2.44. The molecular weight excluding hydrogens is 438 g/mol. The highest BCUT2D eigenvalue weighted by atomic mass is 127. The normalized spacial score (nSPS) is 10.9. The zero-order valence-corrected chi connectivity index (χ0v) is 16.6. The van der Waals surface area contributed by atoms with Gasteiger partial charge in [-0.15, -0.1) is 24.0 Å². The van der Waals surface area contributed by atoms with Crippen LogP contribution in [0.25, 0.3) is 0 Å². The first-order chi connectivity index (χ1) is 9.93. The van der Waals surface area contributed by atoms with Crippen LogP contribution < -0.4 is 16.0 Å². The van der Waals surface area contributed by atoms with Crippen LogP contribution >= 0.6 is 47.2 Å². The van der Waals surface area contributed by atoms with Crippen molar-refractivity contribution in [3.8, 4) is 0 Å². The maximum Gasteiger partial charge on any atom is 0.251 e. The van der Waals surface area contributed by atoms with E-state index < -0.39 is 0 Å². The second-order valence-electron chi connectivity index (χ2n) is 4.68. The van der Waals surface area contributed by atoms with E-state index in [9.17, 15) is 4.79 Å². The zero-order valence-electron chi connectivity index (χ0n) is 12.7. The number of nitrogens with one attached hydrogen (secondary N) is 3. The third-order valence-corrected chi connectivity index (χ3v) is 3.27. The smallest absolute Gasteiger partial charge is 0.251 e. The summed E-state index contributed by atoms with van der Waals surface area (Å²) in [7, 11) is 1.70. The molecule has 0 fully saturated rings. The van der Waals surface area contributed by atoms with Crippen molar-refractivity contribution in [1.29, 1.82) is 0 Å². The molecule has 1 aromatic rings. The van der Waals surface area contributed by atoms with E-state index in [1.807, 2.05) is 13.8 Å². The largest absolute Gasteiger partial charge is 0.355 e. The zero-order chi connectivity index (χ0) is 15.8.